The van der Waals surface area contributed by atoms with Crippen LogP contribution in [-0.2, 0) is 0 Å². The van der Waals surface area contributed by atoms with Crippen LogP contribution < -0.4 is 10.6 Å². The quantitative estimate of drug-likeness (QED) is 0.650. The molecule has 1 aromatic carbocycles. The smallest absolute Gasteiger partial charge is 0.252 e. The molecule has 0 bridgehead atoms. The fourth-order valence-electron chi connectivity index (χ4n) is 1.63. The van der Waals surface area contributed by atoms with Gasteiger partial charge in [0.25, 0.3) is 5.91 Å². The van der Waals surface area contributed by atoms with E-state index in [2.05, 4.69) is 10.6 Å². The Bertz CT molecular complexity index is 478. The molecule has 0 heterocycles. The summed E-state index contributed by atoms with van der Waals surface area (Å²) < 4.78 is -1.65. The molecule has 0 saturated heterocycles. The van der Waals surface area contributed by atoms with Gasteiger partial charge in [0, 0.05) is 11.1 Å². The molecule has 0 fully saturated rings. The van der Waals surface area contributed by atoms with E-state index in [9.17, 15) is 4.79 Å². The number of alkyl halides is 3. The Morgan fingerprint density at radius 3 is 2.25 bits per heavy atom. The van der Waals surface area contributed by atoms with Crippen LogP contribution in [0.1, 0.15) is 36.7 Å². The van der Waals surface area contributed by atoms with Gasteiger partial charge in [0.05, 0.1) is 0 Å². The van der Waals surface area contributed by atoms with Crippen molar-refractivity contribution < 1.29 is 4.79 Å². The fourth-order valence-corrected chi connectivity index (χ4v) is 1.96. The molecule has 20 heavy (non-hydrogen) atoms. The highest BCUT2D eigenvalue weighted by Crippen LogP contribution is 2.30. The van der Waals surface area contributed by atoms with Gasteiger partial charge in [-0.2, -0.15) is 0 Å². The summed E-state index contributed by atoms with van der Waals surface area (Å²) in [5, 5.41) is 5.79. The molecule has 0 aromatic heterocycles. The zero-order chi connectivity index (χ0) is 15.6. The van der Waals surface area contributed by atoms with Crippen LogP contribution in [0.2, 0.25) is 0 Å². The Balaban J connectivity index is 2.88. The number of aryl methyl sites for hydroxylation is 1. The van der Waals surface area contributed by atoms with Crippen molar-refractivity contribution in [3.8, 4) is 0 Å². The van der Waals surface area contributed by atoms with Gasteiger partial charge in [-0.05, 0) is 39.8 Å². The van der Waals surface area contributed by atoms with Gasteiger partial charge in [0.1, 0.15) is 6.17 Å². The number of benzene rings is 1. The van der Waals surface area contributed by atoms with Crippen LogP contribution in [0.5, 0.6) is 0 Å². The number of hydrogen-bond acceptors (Lipinski definition) is 2. The maximum atomic E-state index is 12.2. The molecule has 0 saturated carbocycles. The number of nitrogens with one attached hydrogen (secondary N) is 2. The van der Waals surface area contributed by atoms with Crippen molar-refractivity contribution in [1.82, 2.24) is 10.6 Å². The van der Waals surface area contributed by atoms with Gasteiger partial charge < -0.3 is 5.32 Å². The van der Waals surface area contributed by atoms with E-state index in [4.69, 9.17) is 34.8 Å². The minimum Gasteiger partial charge on any atom is -0.333 e. The van der Waals surface area contributed by atoms with Crippen molar-refractivity contribution in [1.29, 1.82) is 0 Å². The third-order valence-electron chi connectivity index (χ3n) is 2.46. The van der Waals surface area contributed by atoms with E-state index in [-0.39, 0.29) is 11.4 Å². The van der Waals surface area contributed by atoms with E-state index >= 15 is 0 Å². The van der Waals surface area contributed by atoms with Crippen molar-refractivity contribution in [3.05, 3.63) is 35.4 Å². The molecule has 1 amide bonds. The second kappa shape index (κ2) is 6.52. The van der Waals surface area contributed by atoms with Crippen molar-refractivity contribution in [2.45, 2.75) is 43.2 Å². The first kappa shape index (κ1) is 17.6. The Hall–Kier alpha value is -0.480. The average Bonchev–Trinajstić information content (AvgIpc) is 2.25. The number of amides is 1. The maximum absolute atomic E-state index is 12.2. The molecule has 0 aliphatic heterocycles. The zero-order valence-corrected chi connectivity index (χ0v) is 14.2. The molecular formula is C14H19Cl3N2O. The topological polar surface area (TPSA) is 41.1 Å². The van der Waals surface area contributed by atoms with Crippen LogP contribution in [-0.4, -0.2) is 21.4 Å². The van der Waals surface area contributed by atoms with E-state index < -0.39 is 9.96 Å². The molecule has 2 N–H and O–H groups in total. The minimum absolute atomic E-state index is 0.290. The standard InChI is InChI=1S/C14H19Cl3N2O/c1-9-6-5-7-10(8-9)11(20)18-12(14(15,16)17)19-13(2,3)4/h5-8,12,19H,1-4H3,(H,18,20)/t12-/m1/s1. The Kier molecular flexibility index (Phi) is 5.73. The van der Waals surface area contributed by atoms with Crippen LogP contribution in [0, 0.1) is 6.92 Å². The lowest BCUT2D eigenvalue weighted by Gasteiger charge is -2.33. The van der Waals surface area contributed by atoms with Crippen molar-refractivity contribution in [3.63, 3.8) is 0 Å². The molecule has 112 valence electrons. The number of carbonyl (C=O) groups excluding carboxylic acids is 1. The predicted molar refractivity (Wildman–Crippen MR) is 85.6 cm³/mol. The third-order valence-corrected chi connectivity index (χ3v) is 3.12. The molecule has 1 aromatic rings. The first-order valence-corrected chi connectivity index (χ1v) is 7.34. The molecule has 0 aliphatic rings. The highest BCUT2D eigenvalue weighted by molar-refractivity contribution is 6.68. The lowest BCUT2D eigenvalue weighted by molar-refractivity contribution is 0.0922. The summed E-state index contributed by atoms with van der Waals surface area (Å²) in [4.78, 5) is 12.2. The van der Waals surface area contributed by atoms with Crippen molar-refractivity contribution in [2.24, 2.45) is 0 Å². The number of rotatable bonds is 3. The van der Waals surface area contributed by atoms with Gasteiger partial charge in [0.15, 0.2) is 0 Å². The number of halogens is 3. The molecule has 0 radical (unpaired) electrons. The summed E-state index contributed by atoms with van der Waals surface area (Å²) in [5.74, 6) is -0.290. The molecule has 0 aliphatic carbocycles. The normalized spacial score (nSPS) is 13.9. The van der Waals surface area contributed by atoms with Crippen molar-refractivity contribution >= 4 is 40.7 Å². The first-order valence-electron chi connectivity index (χ1n) is 6.21. The second-order valence-electron chi connectivity index (χ2n) is 5.71. The fraction of sp³-hybridized carbons (Fsp3) is 0.500. The highest BCUT2D eigenvalue weighted by Gasteiger charge is 2.36. The third kappa shape index (κ3) is 5.88. The first-order chi connectivity index (χ1) is 8.99. The van der Waals surface area contributed by atoms with E-state index in [1.807, 2.05) is 39.8 Å². The predicted octanol–water partition coefficient (Wildman–Crippen LogP) is 3.81. The molecule has 3 nitrogen and oxygen atoms in total. The molecule has 1 atom stereocenters. The van der Waals surface area contributed by atoms with E-state index in [1.165, 1.54) is 0 Å². The maximum Gasteiger partial charge on any atom is 0.252 e. The van der Waals surface area contributed by atoms with E-state index in [1.54, 1.807) is 12.1 Å². The molecule has 0 spiro atoms. The largest absolute Gasteiger partial charge is 0.333 e. The monoisotopic (exact) mass is 336 g/mol. The van der Waals surface area contributed by atoms with Gasteiger partial charge in [-0.1, -0.05) is 52.5 Å². The average molecular weight is 338 g/mol. The Labute approximate surface area is 135 Å². The Morgan fingerprint density at radius 1 is 1.20 bits per heavy atom. The SMILES string of the molecule is Cc1cccc(C(=O)N[C@H](NC(C)(C)C)C(Cl)(Cl)Cl)c1. The van der Waals surface area contributed by atoms with Crippen molar-refractivity contribution in [2.75, 3.05) is 0 Å². The molecule has 0 unspecified atom stereocenters. The van der Waals surface area contributed by atoms with Crippen LogP contribution in [0.25, 0.3) is 0 Å². The minimum atomic E-state index is -1.65. The van der Waals surface area contributed by atoms with Crippen LogP contribution in [0.3, 0.4) is 0 Å². The summed E-state index contributed by atoms with van der Waals surface area (Å²) >= 11 is 17.8. The molecule has 1 rings (SSSR count). The van der Waals surface area contributed by atoms with E-state index in [0.29, 0.717) is 5.56 Å². The van der Waals surface area contributed by atoms with Crippen LogP contribution in [0.15, 0.2) is 24.3 Å². The molecular weight excluding hydrogens is 319 g/mol. The van der Waals surface area contributed by atoms with Gasteiger partial charge in [0.2, 0.25) is 3.79 Å². The summed E-state index contributed by atoms with van der Waals surface area (Å²) in [5.41, 5.74) is 1.21. The highest BCUT2D eigenvalue weighted by atomic mass is 35.6. The summed E-state index contributed by atoms with van der Waals surface area (Å²) in [6, 6.07) is 7.22. The summed E-state index contributed by atoms with van der Waals surface area (Å²) in [7, 11) is 0. The zero-order valence-electron chi connectivity index (χ0n) is 11.9. The van der Waals surface area contributed by atoms with Gasteiger partial charge in [-0.25, -0.2) is 0 Å². The lowest BCUT2D eigenvalue weighted by Crippen LogP contribution is -2.58. The number of hydrogen-bond donors (Lipinski definition) is 2. The summed E-state index contributed by atoms with van der Waals surface area (Å²) in [6.45, 7) is 7.69. The number of carbonyl (C=O) groups is 1. The van der Waals surface area contributed by atoms with Crippen LogP contribution >= 0.6 is 34.8 Å². The summed E-state index contributed by atoms with van der Waals surface area (Å²) in [6.07, 6.45) is -0.791. The van der Waals surface area contributed by atoms with Gasteiger partial charge >= 0.3 is 0 Å². The van der Waals surface area contributed by atoms with E-state index in [0.717, 1.165) is 5.56 Å². The molecule has 6 heteroatoms. The second-order valence-corrected chi connectivity index (χ2v) is 8.08. The van der Waals surface area contributed by atoms with Gasteiger partial charge in [-0.15, -0.1) is 0 Å². The van der Waals surface area contributed by atoms with Gasteiger partial charge in [-0.3, -0.25) is 10.1 Å². The van der Waals surface area contributed by atoms with Crippen LogP contribution in [0.4, 0.5) is 0 Å². The lowest BCUT2D eigenvalue weighted by atomic mass is 10.1. The Morgan fingerprint density at radius 2 is 1.80 bits per heavy atom.